The van der Waals surface area contributed by atoms with Crippen LogP contribution in [0.3, 0.4) is 0 Å². The van der Waals surface area contributed by atoms with Gasteiger partial charge in [-0.1, -0.05) is 0 Å². The Morgan fingerprint density at radius 3 is 2.36 bits per heavy atom. The van der Waals surface area contributed by atoms with Gasteiger partial charge >= 0.3 is 11.9 Å². The van der Waals surface area contributed by atoms with Gasteiger partial charge in [0.05, 0.1) is 13.2 Å². The molecule has 25 heavy (non-hydrogen) atoms. The molecular formula is C16H29N3O6. The van der Waals surface area contributed by atoms with Crippen LogP contribution in [-0.2, 0) is 28.5 Å². The number of unbranched alkanes of at least 4 members (excludes halogenated alkanes) is 1. The lowest BCUT2D eigenvalue weighted by Crippen LogP contribution is -2.55. The Hall–Kier alpha value is -1.87. The van der Waals surface area contributed by atoms with Crippen LogP contribution in [0, 0.1) is 5.41 Å². The smallest absolute Gasteiger partial charge is 0.328 e. The number of carbonyl (C=O) groups is 2. The van der Waals surface area contributed by atoms with Crippen LogP contribution >= 0.6 is 0 Å². The molecule has 1 unspecified atom stereocenters. The van der Waals surface area contributed by atoms with Crippen molar-refractivity contribution in [2.75, 3.05) is 33.0 Å². The zero-order valence-corrected chi connectivity index (χ0v) is 15.0. The zero-order valence-electron chi connectivity index (χ0n) is 15.0. The van der Waals surface area contributed by atoms with Gasteiger partial charge in [0.1, 0.15) is 0 Å². The lowest BCUT2D eigenvalue weighted by atomic mass is 9.80. The van der Waals surface area contributed by atoms with Gasteiger partial charge in [0.15, 0.2) is 12.2 Å². The summed E-state index contributed by atoms with van der Waals surface area (Å²) in [7, 11) is 0. The maximum Gasteiger partial charge on any atom is 0.328 e. The van der Waals surface area contributed by atoms with Crippen LogP contribution in [0.1, 0.15) is 39.5 Å². The van der Waals surface area contributed by atoms with Crippen molar-refractivity contribution < 1.29 is 28.5 Å². The third-order valence-corrected chi connectivity index (χ3v) is 3.78. The van der Waals surface area contributed by atoms with E-state index in [0.717, 1.165) is 0 Å². The Morgan fingerprint density at radius 2 is 1.80 bits per heavy atom. The predicted molar refractivity (Wildman–Crippen MR) is 90.5 cm³/mol. The zero-order chi connectivity index (χ0) is 18.7. The summed E-state index contributed by atoms with van der Waals surface area (Å²) in [6, 6.07) is 0. The highest BCUT2D eigenvalue weighted by Gasteiger charge is 2.58. The van der Waals surface area contributed by atoms with Crippen molar-refractivity contribution in [1.82, 2.24) is 0 Å². The van der Waals surface area contributed by atoms with Crippen molar-refractivity contribution in [2.24, 2.45) is 21.9 Å². The number of hydrogen-bond acceptors (Lipinski definition) is 7. The molecule has 4 N–H and O–H groups in total. The molecule has 0 aromatic heterocycles. The average molecular weight is 359 g/mol. The van der Waals surface area contributed by atoms with Crippen LogP contribution in [0.4, 0.5) is 0 Å². The molecule has 9 nitrogen and oxygen atoms in total. The van der Waals surface area contributed by atoms with E-state index >= 15 is 0 Å². The van der Waals surface area contributed by atoms with E-state index in [4.69, 9.17) is 30.4 Å². The molecule has 0 aromatic carbocycles. The van der Waals surface area contributed by atoms with E-state index in [1.165, 1.54) is 0 Å². The first-order valence-electron chi connectivity index (χ1n) is 8.62. The van der Waals surface area contributed by atoms with E-state index in [9.17, 15) is 9.59 Å². The minimum atomic E-state index is -1.58. The molecular weight excluding hydrogens is 330 g/mol. The Morgan fingerprint density at radius 1 is 1.16 bits per heavy atom. The molecule has 9 heteroatoms. The average Bonchev–Trinajstić information content (AvgIpc) is 2.58. The second-order valence-electron chi connectivity index (χ2n) is 5.60. The van der Waals surface area contributed by atoms with E-state index in [-0.39, 0.29) is 25.6 Å². The fourth-order valence-corrected chi connectivity index (χ4v) is 2.60. The topological polar surface area (TPSA) is 135 Å². The number of esters is 2. The van der Waals surface area contributed by atoms with Gasteiger partial charge in [-0.15, -0.1) is 0 Å². The largest absolute Gasteiger partial charge is 0.465 e. The highest BCUT2D eigenvalue weighted by Crippen LogP contribution is 2.38. The minimum Gasteiger partial charge on any atom is -0.465 e. The standard InChI is InChI=1S/C16H29N3O6/c1-3-22-12(20)16(13(21)23-4-2)8-7-11-25-14(16)24-10-6-5-9-19-15(17)18/h14H,3-11H2,1-2H3,(H4,17,18,19). The van der Waals surface area contributed by atoms with Gasteiger partial charge in [0, 0.05) is 19.8 Å². The summed E-state index contributed by atoms with van der Waals surface area (Å²) in [4.78, 5) is 28.9. The summed E-state index contributed by atoms with van der Waals surface area (Å²) >= 11 is 0. The fourth-order valence-electron chi connectivity index (χ4n) is 2.60. The van der Waals surface area contributed by atoms with Gasteiger partial charge < -0.3 is 30.4 Å². The third kappa shape index (κ3) is 5.86. The molecule has 0 saturated carbocycles. The van der Waals surface area contributed by atoms with Gasteiger partial charge in [-0.2, -0.15) is 0 Å². The fraction of sp³-hybridized carbons (Fsp3) is 0.812. The van der Waals surface area contributed by atoms with Crippen LogP contribution in [-0.4, -0.2) is 57.2 Å². The molecule has 1 fully saturated rings. The summed E-state index contributed by atoms with van der Waals surface area (Å²) in [5.74, 6) is -1.29. The van der Waals surface area contributed by atoms with Crippen LogP contribution in [0.5, 0.6) is 0 Å². The highest BCUT2D eigenvalue weighted by molar-refractivity contribution is 6.00. The van der Waals surface area contributed by atoms with Crippen LogP contribution in [0.15, 0.2) is 4.99 Å². The SMILES string of the molecule is CCOC(=O)C1(C(=O)OCC)CCCOC1OCCCCN=C(N)N. The van der Waals surface area contributed by atoms with Crippen molar-refractivity contribution in [3.8, 4) is 0 Å². The van der Waals surface area contributed by atoms with Gasteiger partial charge in [0.25, 0.3) is 0 Å². The molecule has 1 rings (SSSR count). The van der Waals surface area contributed by atoms with E-state index < -0.39 is 23.6 Å². The van der Waals surface area contributed by atoms with Crippen LogP contribution in [0.25, 0.3) is 0 Å². The van der Waals surface area contributed by atoms with Gasteiger partial charge in [-0.25, -0.2) is 0 Å². The van der Waals surface area contributed by atoms with Crippen molar-refractivity contribution in [1.29, 1.82) is 0 Å². The molecule has 0 radical (unpaired) electrons. The maximum atomic E-state index is 12.5. The van der Waals surface area contributed by atoms with Crippen molar-refractivity contribution in [3.05, 3.63) is 0 Å². The molecule has 1 heterocycles. The second kappa shape index (κ2) is 10.9. The molecule has 0 bridgehead atoms. The number of carbonyl (C=O) groups excluding carboxylic acids is 2. The van der Waals surface area contributed by atoms with Crippen molar-refractivity contribution in [3.63, 3.8) is 0 Å². The van der Waals surface area contributed by atoms with E-state index in [2.05, 4.69) is 4.99 Å². The van der Waals surface area contributed by atoms with Crippen LogP contribution in [0.2, 0.25) is 0 Å². The van der Waals surface area contributed by atoms with E-state index in [1.54, 1.807) is 13.8 Å². The molecule has 0 aliphatic carbocycles. The van der Waals surface area contributed by atoms with Gasteiger partial charge in [-0.3, -0.25) is 14.6 Å². The number of nitrogens with zero attached hydrogens (tertiary/aromatic N) is 1. The van der Waals surface area contributed by atoms with Crippen molar-refractivity contribution in [2.45, 2.75) is 45.8 Å². The molecule has 1 aliphatic heterocycles. The summed E-state index contributed by atoms with van der Waals surface area (Å²) < 4.78 is 21.5. The summed E-state index contributed by atoms with van der Waals surface area (Å²) in [6.45, 7) is 4.86. The molecule has 0 spiro atoms. The van der Waals surface area contributed by atoms with E-state index in [0.29, 0.717) is 39.0 Å². The first-order valence-corrected chi connectivity index (χ1v) is 8.62. The second-order valence-corrected chi connectivity index (χ2v) is 5.60. The lowest BCUT2D eigenvalue weighted by molar-refractivity contribution is -0.244. The van der Waals surface area contributed by atoms with Gasteiger partial charge in [0.2, 0.25) is 5.41 Å². The van der Waals surface area contributed by atoms with Crippen molar-refractivity contribution >= 4 is 17.9 Å². The van der Waals surface area contributed by atoms with Crippen LogP contribution < -0.4 is 11.5 Å². The van der Waals surface area contributed by atoms with E-state index in [1.807, 2.05) is 0 Å². The summed E-state index contributed by atoms with van der Waals surface area (Å²) in [5, 5.41) is 0. The Kier molecular flexibility index (Phi) is 9.22. The normalized spacial score (nSPS) is 19.0. The molecule has 1 saturated heterocycles. The first kappa shape index (κ1) is 21.2. The minimum absolute atomic E-state index is 0.0418. The summed E-state index contributed by atoms with van der Waals surface area (Å²) in [6.07, 6.45) is 1.14. The number of nitrogens with two attached hydrogens (primary N) is 2. The quantitative estimate of drug-likeness (QED) is 0.187. The number of guanidine groups is 1. The molecule has 144 valence electrons. The highest BCUT2D eigenvalue weighted by atomic mass is 16.7. The monoisotopic (exact) mass is 359 g/mol. The number of aliphatic imine (C=N–C) groups is 1. The molecule has 1 aliphatic rings. The maximum absolute atomic E-state index is 12.5. The molecule has 0 amide bonds. The number of rotatable bonds is 10. The number of ether oxygens (including phenoxy) is 4. The Balaban J connectivity index is 2.75. The third-order valence-electron chi connectivity index (χ3n) is 3.78. The molecule has 0 aromatic rings. The Labute approximate surface area is 148 Å². The molecule has 1 atom stereocenters. The predicted octanol–water partition coefficient (Wildman–Crippen LogP) is 0.306. The lowest BCUT2D eigenvalue weighted by Gasteiger charge is -2.38. The number of hydrogen-bond donors (Lipinski definition) is 2. The first-order chi connectivity index (χ1) is 12.0. The van der Waals surface area contributed by atoms with Gasteiger partial charge in [-0.05, 0) is 39.5 Å². The summed E-state index contributed by atoms with van der Waals surface area (Å²) in [5.41, 5.74) is 8.93. The Bertz CT molecular complexity index is 447.